The van der Waals surface area contributed by atoms with Crippen molar-refractivity contribution >= 4 is 27.6 Å². The van der Waals surface area contributed by atoms with Gasteiger partial charge in [-0.1, -0.05) is 174 Å². The molecule has 0 amide bonds. The molecule has 0 aromatic rings. The van der Waals surface area contributed by atoms with Crippen LogP contribution in [0.5, 0.6) is 0 Å². The molecule has 1 rings (SSSR count). The second-order valence-corrected chi connectivity index (χ2v) is 20.3. The van der Waals surface area contributed by atoms with E-state index in [0.29, 0.717) is 25.0 Å². The van der Waals surface area contributed by atoms with Crippen molar-refractivity contribution in [1.82, 2.24) is 0 Å². The van der Waals surface area contributed by atoms with Crippen LogP contribution in [-0.2, 0) is 46.5 Å². The molecule has 4 N–H and O–H groups in total. The van der Waals surface area contributed by atoms with E-state index in [2.05, 4.69) is 37.4 Å². The maximum atomic E-state index is 12.7. The summed E-state index contributed by atoms with van der Waals surface area (Å²) in [5, 5.41) is 9.77. The van der Waals surface area contributed by atoms with E-state index in [9.17, 15) is 28.7 Å². The first-order valence-electron chi connectivity index (χ1n) is 24.4. The number of allylic oxidation sites excluding steroid dienone is 1. The molecule has 0 aliphatic carbocycles. The third-order valence-corrected chi connectivity index (χ3v) is 12.4. The lowest BCUT2D eigenvalue weighted by molar-refractivity contribution is -0.161. The van der Waals surface area contributed by atoms with Gasteiger partial charge in [-0.15, -0.1) is 0 Å². The molecular weight excluding hydrogens is 838 g/mol. The maximum Gasteiger partial charge on any atom is 0.472 e. The van der Waals surface area contributed by atoms with Crippen LogP contribution in [0.15, 0.2) is 12.2 Å². The van der Waals surface area contributed by atoms with Crippen LogP contribution >= 0.6 is 15.6 Å². The number of phosphoric acid groups is 2. The molecule has 0 spiro atoms. The summed E-state index contributed by atoms with van der Waals surface area (Å²) in [5.41, 5.74) is 0. The number of aliphatic hydroxyl groups excluding tert-OH is 1. The first kappa shape index (κ1) is 58.8. The minimum atomic E-state index is -4.87. The predicted octanol–water partition coefficient (Wildman–Crippen LogP) is 11.7. The van der Waals surface area contributed by atoms with E-state index >= 15 is 0 Å². The van der Waals surface area contributed by atoms with E-state index in [4.69, 9.17) is 33.0 Å². The number of phosphoric ester groups is 2. The van der Waals surface area contributed by atoms with Crippen molar-refractivity contribution in [3.63, 3.8) is 0 Å². The maximum absolute atomic E-state index is 12.7. The molecule has 62 heavy (non-hydrogen) atoms. The van der Waals surface area contributed by atoms with Crippen LogP contribution in [0.1, 0.15) is 213 Å². The first-order chi connectivity index (χ1) is 29.7. The molecule has 1 heterocycles. The molecule has 16 heteroatoms. The molecule has 0 aromatic carbocycles. The van der Waals surface area contributed by atoms with Gasteiger partial charge in [0.25, 0.3) is 0 Å². The van der Waals surface area contributed by atoms with Crippen molar-refractivity contribution in [1.29, 1.82) is 0 Å². The van der Waals surface area contributed by atoms with Crippen molar-refractivity contribution in [3.05, 3.63) is 12.2 Å². The van der Waals surface area contributed by atoms with E-state index in [1.165, 1.54) is 103 Å². The van der Waals surface area contributed by atoms with E-state index in [0.717, 1.165) is 70.1 Å². The Bertz CT molecular complexity index is 1230. The van der Waals surface area contributed by atoms with Gasteiger partial charge in [-0.05, 0) is 44.4 Å². The summed E-state index contributed by atoms with van der Waals surface area (Å²) in [4.78, 5) is 52.9. The third-order valence-electron chi connectivity index (χ3n) is 11.0. The standard InChI is InChI=1S/C46H88O14P2/c1-4-5-6-7-22-27-32-43-44(60-43)33-28-23-20-25-29-34-45(48)55-38-42(39-58-62(53,54)57-37-41(47)36-56-61(50,51)52)59-46(49)35-30-24-19-17-15-13-11-9-8-10-12-14-16-18-21-26-31-40(2)3/h22,27,40-44,47H,4-21,23-26,28-39H2,1-3H3,(H,53,54)(H2,50,51,52)/b27-22-/t41-,42+,43?,44?/m0/s1. The van der Waals surface area contributed by atoms with Crippen molar-refractivity contribution in [2.75, 3.05) is 26.4 Å². The van der Waals surface area contributed by atoms with E-state index in [1.807, 2.05) is 0 Å². The number of hydrogen-bond acceptors (Lipinski definition) is 11. The Morgan fingerprint density at radius 3 is 1.65 bits per heavy atom. The number of rotatable bonds is 45. The third kappa shape index (κ3) is 39.2. The van der Waals surface area contributed by atoms with Crippen molar-refractivity contribution in [2.24, 2.45) is 5.92 Å². The Balaban J connectivity index is 2.30. The Morgan fingerprint density at radius 2 is 1.10 bits per heavy atom. The highest BCUT2D eigenvalue weighted by atomic mass is 31.2. The number of epoxide rings is 1. The lowest BCUT2D eigenvalue weighted by atomic mass is 10.0. The topological polar surface area (TPSA) is 208 Å². The Morgan fingerprint density at radius 1 is 0.597 bits per heavy atom. The van der Waals surface area contributed by atoms with Crippen molar-refractivity contribution < 1.29 is 66.3 Å². The van der Waals surface area contributed by atoms with Gasteiger partial charge in [-0.2, -0.15) is 0 Å². The molecule has 1 fully saturated rings. The number of esters is 2. The minimum Gasteiger partial charge on any atom is -0.462 e. The molecule has 0 saturated carbocycles. The summed E-state index contributed by atoms with van der Waals surface area (Å²) >= 11 is 0. The number of unbranched alkanes of at least 4 members (excludes halogenated alkanes) is 22. The smallest absolute Gasteiger partial charge is 0.462 e. The molecule has 366 valence electrons. The van der Waals surface area contributed by atoms with E-state index in [-0.39, 0.29) is 12.8 Å². The number of carbonyl (C=O) groups excluding carboxylic acids is 2. The molecule has 3 unspecified atom stereocenters. The largest absolute Gasteiger partial charge is 0.472 e. The fourth-order valence-corrected chi connectivity index (χ4v) is 8.34. The fourth-order valence-electron chi connectivity index (χ4n) is 7.19. The Kier molecular flexibility index (Phi) is 36.0. The van der Waals surface area contributed by atoms with E-state index in [1.54, 1.807) is 0 Å². The molecule has 1 saturated heterocycles. The number of aliphatic hydroxyl groups is 1. The highest BCUT2D eigenvalue weighted by molar-refractivity contribution is 7.47. The summed E-state index contributed by atoms with van der Waals surface area (Å²) in [5.74, 6) is -0.222. The van der Waals surface area contributed by atoms with Crippen molar-refractivity contribution in [3.8, 4) is 0 Å². The molecule has 0 aromatic heterocycles. The molecule has 0 bridgehead atoms. The van der Waals surface area contributed by atoms with Crippen LogP contribution in [0.3, 0.4) is 0 Å². The minimum absolute atomic E-state index is 0.130. The van der Waals surface area contributed by atoms with Gasteiger partial charge in [-0.25, -0.2) is 9.13 Å². The van der Waals surface area contributed by atoms with E-state index < -0.39 is 66.2 Å². The molecular formula is C46H88O14P2. The number of ether oxygens (including phenoxy) is 3. The highest BCUT2D eigenvalue weighted by Gasteiger charge is 2.36. The summed E-state index contributed by atoms with van der Waals surface area (Å²) in [6.07, 6.45) is 35.0. The fraction of sp³-hybridized carbons (Fsp3) is 0.913. The number of hydrogen-bond donors (Lipinski definition) is 4. The van der Waals surface area contributed by atoms with Crippen LogP contribution < -0.4 is 0 Å². The monoisotopic (exact) mass is 927 g/mol. The second-order valence-electron chi connectivity index (χ2n) is 17.6. The molecule has 14 nitrogen and oxygen atoms in total. The zero-order valence-corrected chi connectivity index (χ0v) is 40.6. The molecule has 1 aliphatic heterocycles. The normalized spacial score (nSPS) is 17.4. The van der Waals surface area contributed by atoms with Crippen LogP contribution in [0.4, 0.5) is 0 Å². The quantitative estimate of drug-likeness (QED) is 0.0147. The Labute approximate surface area is 375 Å². The van der Waals surface area contributed by atoms with Crippen LogP contribution in [0.25, 0.3) is 0 Å². The summed E-state index contributed by atoms with van der Waals surface area (Å²) < 4.78 is 53.7. The predicted molar refractivity (Wildman–Crippen MR) is 243 cm³/mol. The van der Waals surface area contributed by atoms with Gasteiger partial charge in [0.15, 0.2) is 6.10 Å². The van der Waals surface area contributed by atoms with Gasteiger partial charge in [0, 0.05) is 12.8 Å². The zero-order valence-electron chi connectivity index (χ0n) is 38.8. The second kappa shape index (κ2) is 38.0. The van der Waals surface area contributed by atoms with Gasteiger partial charge in [0.05, 0.1) is 32.0 Å². The SMILES string of the molecule is CCCCC/C=C\CC1OC1CCCCCCCC(=O)OC[C@H](COP(=O)(O)OC[C@@H](O)COP(=O)(O)O)OC(=O)CCCCCCCCCCCCCCCCCCC(C)C. The summed E-state index contributed by atoms with van der Waals surface area (Å²) in [7, 11) is -9.68. The van der Waals surface area contributed by atoms with Crippen molar-refractivity contribution in [2.45, 2.75) is 238 Å². The zero-order chi connectivity index (χ0) is 45.7. The molecule has 0 radical (unpaired) electrons. The molecule has 5 atom stereocenters. The highest BCUT2D eigenvalue weighted by Crippen LogP contribution is 2.44. The Hall–Kier alpha value is -1.18. The number of carbonyl (C=O) groups is 2. The van der Waals surface area contributed by atoms with Gasteiger partial charge < -0.3 is 34.0 Å². The van der Waals surface area contributed by atoms with Crippen LogP contribution in [-0.4, -0.2) is 82.6 Å². The summed E-state index contributed by atoms with van der Waals surface area (Å²) in [6, 6.07) is 0. The van der Waals surface area contributed by atoms with Gasteiger partial charge >= 0.3 is 27.6 Å². The van der Waals surface area contributed by atoms with Gasteiger partial charge in [-0.3, -0.25) is 23.2 Å². The van der Waals surface area contributed by atoms with Gasteiger partial charge in [0.1, 0.15) is 12.7 Å². The average molecular weight is 927 g/mol. The van der Waals surface area contributed by atoms with Crippen LogP contribution in [0.2, 0.25) is 0 Å². The first-order valence-corrected chi connectivity index (χ1v) is 27.4. The molecule has 1 aliphatic rings. The average Bonchev–Trinajstić information content (AvgIpc) is 3.98. The lowest BCUT2D eigenvalue weighted by Crippen LogP contribution is -2.30. The lowest BCUT2D eigenvalue weighted by Gasteiger charge is -2.20. The van der Waals surface area contributed by atoms with Crippen LogP contribution in [0, 0.1) is 5.92 Å². The van der Waals surface area contributed by atoms with Gasteiger partial charge in [0.2, 0.25) is 0 Å². The summed E-state index contributed by atoms with van der Waals surface area (Å²) in [6.45, 7) is 4.09.